The molecule has 0 radical (unpaired) electrons. The summed E-state index contributed by atoms with van der Waals surface area (Å²) in [4.78, 5) is 11.7. The first kappa shape index (κ1) is 19.0. The topological polar surface area (TPSA) is 71.4 Å². The van der Waals surface area contributed by atoms with Crippen LogP contribution in [0.3, 0.4) is 0 Å². The van der Waals surface area contributed by atoms with E-state index in [4.69, 9.17) is 0 Å². The number of rotatable bonds is 4. The number of ketones is 1. The Balaban J connectivity index is 2.35. The number of benzene rings is 2. The molecule has 0 heterocycles. The van der Waals surface area contributed by atoms with E-state index in [1.807, 2.05) is 0 Å². The minimum atomic E-state index is -4.68. The average molecular weight is 372 g/mol. The molecule has 0 fully saturated rings. The van der Waals surface area contributed by atoms with Crippen LogP contribution < -0.4 is 0 Å². The van der Waals surface area contributed by atoms with Gasteiger partial charge < -0.3 is 5.11 Å². The molecule has 25 heavy (non-hydrogen) atoms. The first-order valence-electron chi connectivity index (χ1n) is 7.15. The van der Waals surface area contributed by atoms with Crippen LogP contribution in [-0.2, 0) is 16.0 Å². The van der Waals surface area contributed by atoms with Gasteiger partial charge in [-0.1, -0.05) is 6.07 Å². The zero-order valence-electron chi connectivity index (χ0n) is 13.4. The summed E-state index contributed by atoms with van der Waals surface area (Å²) < 4.78 is 62.8. The monoisotopic (exact) mass is 372 g/mol. The summed E-state index contributed by atoms with van der Waals surface area (Å²) >= 11 is 0. The second kappa shape index (κ2) is 6.51. The van der Waals surface area contributed by atoms with Crippen molar-refractivity contribution < 1.29 is 31.5 Å². The number of alkyl halides is 3. The molecule has 8 heteroatoms. The van der Waals surface area contributed by atoms with Gasteiger partial charge in [0.25, 0.3) is 0 Å². The van der Waals surface area contributed by atoms with Gasteiger partial charge in [0.1, 0.15) is 11.5 Å². The molecule has 0 aliphatic rings. The third kappa shape index (κ3) is 4.19. The Hall–Kier alpha value is -2.35. The number of aryl methyl sites for hydroxylation is 2. The second-order valence-corrected chi connectivity index (χ2v) is 7.66. The molecular weight excluding hydrogens is 357 g/mol. The van der Waals surface area contributed by atoms with Crippen LogP contribution in [0.15, 0.2) is 41.3 Å². The van der Waals surface area contributed by atoms with Gasteiger partial charge in [-0.2, -0.15) is 13.2 Å². The van der Waals surface area contributed by atoms with Crippen molar-refractivity contribution in [2.45, 2.75) is 24.9 Å². The largest absolute Gasteiger partial charge is 0.507 e. The highest BCUT2D eigenvalue weighted by Gasteiger charge is 2.32. The van der Waals surface area contributed by atoms with E-state index in [1.165, 1.54) is 12.1 Å². The summed E-state index contributed by atoms with van der Waals surface area (Å²) in [5, 5.41) is 9.69. The fourth-order valence-electron chi connectivity index (χ4n) is 2.32. The van der Waals surface area contributed by atoms with Crippen molar-refractivity contribution in [1.82, 2.24) is 0 Å². The predicted molar refractivity (Wildman–Crippen MR) is 85.4 cm³/mol. The van der Waals surface area contributed by atoms with E-state index in [0.717, 1.165) is 18.2 Å². The second-order valence-electron chi connectivity index (χ2n) is 5.67. The number of phenolic OH excluding ortho intramolecular Hbond substituents is 1. The van der Waals surface area contributed by atoms with Crippen LogP contribution in [0.5, 0.6) is 5.75 Å². The number of hydrogen-bond acceptors (Lipinski definition) is 4. The van der Waals surface area contributed by atoms with Crippen molar-refractivity contribution in [1.29, 1.82) is 0 Å². The lowest BCUT2D eigenvalue weighted by molar-refractivity contribution is -0.137. The van der Waals surface area contributed by atoms with Crippen molar-refractivity contribution >= 4 is 15.6 Å². The Morgan fingerprint density at radius 1 is 1.08 bits per heavy atom. The lowest BCUT2D eigenvalue weighted by Crippen LogP contribution is -2.17. The van der Waals surface area contributed by atoms with E-state index >= 15 is 0 Å². The average Bonchev–Trinajstić information content (AvgIpc) is 2.51. The highest BCUT2D eigenvalue weighted by atomic mass is 32.2. The molecule has 0 spiro atoms. The van der Waals surface area contributed by atoms with Crippen molar-refractivity contribution in [2.75, 3.05) is 5.75 Å². The Morgan fingerprint density at radius 2 is 1.64 bits per heavy atom. The normalized spacial score (nSPS) is 12.2. The van der Waals surface area contributed by atoms with Crippen molar-refractivity contribution in [2.24, 2.45) is 0 Å². The molecule has 0 amide bonds. The summed E-state index contributed by atoms with van der Waals surface area (Å²) in [5.41, 5.74) is -0.222. The Labute approximate surface area is 142 Å². The third-order valence-electron chi connectivity index (χ3n) is 3.65. The fraction of sp³-hybridized carbons (Fsp3) is 0.235. The first-order chi connectivity index (χ1) is 11.4. The maximum Gasteiger partial charge on any atom is 0.416 e. The highest BCUT2D eigenvalue weighted by molar-refractivity contribution is 7.92. The highest BCUT2D eigenvalue weighted by Crippen LogP contribution is 2.31. The number of carbonyl (C=O) groups is 1. The van der Waals surface area contributed by atoms with Gasteiger partial charge in [-0.05, 0) is 55.3 Å². The predicted octanol–water partition coefficient (Wildman–Crippen LogP) is 3.68. The van der Waals surface area contributed by atoms with Gasteiger partial charge in [-0.3, -0.25) is 4.79 Å². The van der Waals surface area contributed by atoms with Gasteiger partial charge in [-0.15, -0.1) is 0 Å². The number of phenols is 1. The summed E-state index contributed by atoms with van der Waals surface area (Å²) in [6.45, 7) is 3.11. The number of Topliss-reactive ketones (excluding diaryl/α,β-unsaturated/α-hetero) is 1. The lowest BCUT2D eigenvalue weighted by Gasteiger charge is -2.10. The molecule has 0 aliphatic heterocycles. The molecule has 0 atom stereocenters. The molecular formula is C17H15F3O4S. The van der Waals surface area contributed by atoms with Crippen LogP contribution in [-0.4, -0.2) is 25.1 Å². The fourth-order valence-corrected chi connectivity index (χ4v) is 3.59. The lowest BCUT2D eigenvalue weighted by atomic mass is 10.0. The first-order valence-corrected chi connectivity index (χ1v) is 8.80. The summed E-state index contributed by atoms with van der Waals surface area (Å²) in [5.74, 6) is -1.72. The molecule has 0 saturated heterocycles. The van der Waals surface area contributed by atoms with Crippen LogP contribution in [0.25, 0.3) is 0 Å². The molecule has 0 aromatic heterocycles. The van der Waals surface area contributed by atoms with Crippen LogP contribution in [0, 0.1) is 13.8 Å². The van der Waals surface area contributed by atoms with E-state index in [0.29, 0.717) is 17.2 Å². The number of aromatic hydroxyl groups is 1. The Bertz CT molecular complexity index is 908. The number of sulfone groups is 1. The molecule has 2 aromatic carbocycles. The van der Waals surface area contributed by atoms with Crippen LogP contribution >= 0.6 is 0 Å². The number of carbonyl (C=O) groups excluding carboxylic acids is 1. The van der Waals surface area contributed by atoms with Gasteiger partial charge in [-0.25, -0.2) is 8.42 Å². The SMILES string of the molecule is Cc1cc(C(=O)CS(=O)(=O)c2cccc(C(F)(F)F)c2)cc(C)c1O. The van der Waals surface area contributed by atoms with E-state index < -0.39 is 38.0 Å². The molecule has 0 bridgehead atoms. The molecule has 2 rings (SSSR count). The maximum absolute atomic E-state index is 12.7. The Kier molecular flexibility index (Phi) is 4.94. The van der Waals surface area contributed by atoms with Crippen molar-refractivity contribution in [3.05, 3.63) is 58.7 Å². The van der Waals surface area contributed by atoms with Crippen LogP contribution in [0.4, 0.5) is 13.2 Å². The molecule has 2 aromatic rings. The standard InChI is InChI=1S/C17H15F3O4S/c1-10-6-12(7-11(2)16(10)22)15(21)9-25(23,24)14-5-3-4-13(8-14)17(18,19)20/h3-8,22H,9H2,1-2H3. The number of hydrogen-bond donors (Lipinski definition) is 1. The van der Waals surface area contributed by atoms with Gasteiger partial charge in [0.2, 0.25) is 0 Å². The molecule has 134 valence electrons. The van der Waals surface area contributed by atoms with Gasteiger partial charge in [0.05, 0.1) is 10.5 Å². The Morgan fingerprint density at radius 3 is 2.16 bits per heavy atom. The zero-order valence-corrected chi connectivity index (χ0v) is 14.2. The zero-order chi connectivity index (χ0) is 19.0. The van der Waals surface area contributed by atoms with Crippen LogP contribution in [0.2, 0.25) is 0 Å². The summed E-state index contributed by atoms with van der Waals surface area (Å²) in [6.07, 6.45) is -4.68. The quantitative estimate of drug-likeness (QED) is 0.831. The summed E-state index contributed by atoms with van der Waals surface area (Å²) in [7, 11) is -4.24. The maximum atomic E-state index is 12.7. The van der Waals surface area contributed by atoms with E-state index in [9.17, 15) is 31.5 Å². The number of halogens is 3. The van der Waals surface area contributed by atoms with Crippen molar-refractivity contribution in [3.8, 4) is 5.75 Å². The molecule has 4 nitrogen and oxygen atoms in total. The molecule has 0 unspecified atom stereocenters. The van der Waals surface area contributed by atoms with E-state index in [1.54, 1.807) is 13.8 Å². The minimum absolute atomic E-state index is 0.00251. The molecule has 0 saturated carbocycles. The summed E-state index contributed by atoms with van der Waals surface area (Å²) in [6, 6.07) is 5.95. The van der Waals surface area contributed by atoms with Crippen molar-refractivity contribution in [3.63, 3.8) is 0 Å². The smallest absolute Gasteiger partial charge is 0.416 e. The van der Waals surface area contributed by atoms with E-state index in [-0.39, 0.29) is 11.3 Å². The minimum Gasteiger partial charge on any atom is -0.507 e. The van der Waals surface area contributed by atoms with Gasteiger partial charge in [0.15, 0.2) is 15.6 Å². The van der Waals surface area contributed by atoms with Crippen LogP contribution in [0.1, 0.15) is 27.0 Å². The van der Waals surface area contributed by atoms with Gasteiger partial charge >= 0.3 is 6.18 Å². The molecule has 0 aliphatic carbocycles. The van der Waals surface area contributed by atoms with E-state index in [2.05, 4.69) is 0 Å². The molecule has 1 N–H and O–H groups in total. The third-order valence-corrected chi connectivity index (χ3v) is 5.27. The van der Waals surface area contributed by atoms with Gasteiger partial charge in [0, 0.05) is 5.56 Å².